The molecule has 1 aromatic carbocycles. The van der Waals surface area contributed by atoms with Gasteiger partial charge in [0.05, 0.1) is 0 Å². The molecular weight excluding hydrogens is 274 g/mol. The third-order valence-corrected chi connectivity index (χ3v) is 3.48. The van der Waals surface area contributed by atoms with Crippen LogP contribution in [0.3, 0.4) is 0 Å². The fourth-order valence-corrected chi connectivity index (χ4v) is 2.40. The summed E-state index contributed by atoms with van der Waals surface area (Å²) in [6.07, 6.45) is 0.679. The van der Waals surface area contributed by atoms with E-state index in [4.69, 9.17) is 14.6 Å². The Kier molecular flexibility index (Phi) is 5.43. The van der Waals surface area contributed by atoms with Gasteiger partial charge in [-0.05, 0) is 31.2 Å². The topological polar surface area (TPSA) is 84.9 Å². The highest BCUT2D eigenvalue weighted by Crippen LogP contribution is 2.21. The van der Waals surface area contributed by atoms with Gasteiger partial charge in [0.1, 0.15) is 12.7 Å². The van der Waals surface area contributed by atoms with Crippen LogP contribution < -0.4 is 5.32 Å². The van der Waals surface area contributed by atoms with E-state index in [1.807, 2.05) is 30.3 Å². The number of amides is 1. The van der Waals surface area contributed by atoms with Crippen LogP contribution in [-0.4, -0.2) is 29.5 Å². The van der Waals surface area contributed by atoms with Crippen LogP contribution in [0.15, 0.2) is 30.3 Å². The molecular formula is C15H19NO5. The van der Waals surface area contributed by atoms with Crippen LogP contribution in [0.1, 0.15) is 31.2 Å². The Morgan fingerprint density at radius 1 is 1.14 bits per heavy atom. The highest BCUT2D eigenvalue weighted by atomic mass is 16.7. The van der Waals surface area contributed by atoms with Crippen molar-refractivity contribution in [2.24, 2.45) is 0 Å². The fraction of sp³-hybridized carbons (Fsp3) is 0.467. The van der Waals surface area contributed by atoms with Crippen molar-refractivity contribution in [1.82, 2.24) is 5.32 Å². The van der Waals surface area contributed by atoms with Gasteiger partial charge in [-0.15, -0.1) is 0 Å². The Morgan fingerprint density at radius 2 is 1.81 bits per heavy atom. The van der Waals surface area contributed by atoms with Gasteiger partial charge in [0, 0.05) is 6.04 Å². The number of carbonyl (C=O) groups is 2. The smallest absolute Gasteiger partial charge is 0.450 e. The second-order valence-electron chi connectivity index (χ2n) is 5.06. The average Bonchev–Trinajstić information content (AvgIpc) is 2.48. The molecule has 1 amide bonds. The summed E-state index contributed by atoms with van der Waals surface area (Å²) in [5.41, 5.74) is 0.936. The summed E-state index contributed by atoms with van der Waals surface area (Å²) in [5.74, 6) is 0. The van der Waals surface area contributed by atoms with E-state index in [0.717, 1.165) is 5.56 Å². The Balaban J connectivity index is 1.66. The Bertz CT molecular complexity index is 468. The highest BCUT2D eigenvalue weighted by molar-refractivity contribution is 5.67. The van der Waals surface area contributed by atoms with Crippen molar-refractivity contribution in [2.45, 2.75) is 44.4 Å². The molecule has 2 N–H and O–H groups in total. The van der Waals surface area contributed by atoms with Gasteiger partial charge in [-0.3, -0.25) is 0 Å². The summed E-state index contributed by atoms with van der Waals surface area (Å²) in [5, 5.41) is 11.3. The molecule has 1 fully saturated rings. The van der Waals surface area contributed by atoms with Gasteiger partial charge in [-0.25, -0.2) is 9.59 Å². The van der Waals surface area contributed by atoms with Gasteiger partial charge in [0.25, 0.3) is 0 Å². The van der Waals surface area contributed by atoms with E-state index in [2.05, 4.69) is 5.32 Å². The third-order valence-electron chi connectivity index (χ3n) is 3.48. The number of carboxylic acid groups (broad SMARTS) is 1. The normalized spacial score (nSPS) is 21.3. The van der Waals surface area contributed by atoms with Crippen LogP contribution in [0, 0.1) is 0 Å². The largest absolute Gasteiger partial charge is 0.506 e. The summed E-state index contributed by atoms with van der Waals surface area (Å²) in [6, 6.07) is 9.48. The SMILES string of the molecule is O=C(O)OC1CCC(NC(=O)OCc2ccccc2)CC1. The lowest BCUT2D eigenvalue weighted by molar-refractivity contribution is 0.0308. The zero-order valence-corrected chi connectivity index (χ0v) is 11.7. The van der Waals surface area contributed by atoms with Gasteiger partial charge >= 0.3 is 12.2 Å². The van der Waals surface area contributed by atoms with Crippen LogP contribution in [-0.2, 0) is 16.1 Å². The first-order valence-corrected chi connectivity index (χ1v) is 7.00. The number of alkyl carbamates (subject to hydrolysis) is 1. The minimum Gasteiger partial charge on any atom is -0.450 e. The van der Waals surface area contributed by atoms with Gasteiger partial charge in [-0.1, -0.05) is 30.3 Å². The standard InChI is InChI=1S/C15H19NO5/c17-14(20-10-11-4-2-1-3-5-11)16-12-6-8-13(9-7-12)21-15(18)19/h1-5,12-13H,6-10H2,(H,16,17)(H,18,19). The summed E-state index contributed by atoms with van der Waals surface area (Å²) < 4.78 is 9.87. The predicted molar refractivity (Wildman–Crippen MR) is 74.9 cm³/mol. The molecule has 0 bridgehead atoms. The van der Waals surface area contributed by atoms with Gasteiger partial charge < -0.3 is 19.9 Å². The molecule has 114 valence electrons. The number of rotatable bonds is 4. The first kappa shape index (κ1) is 15.2. The number of carbonyl (C=O) groups excluding carboxylic acids is 1. The van der Waals surface area contributed by atoms with Crippen molar-refractivity contribution in [3.63, 3.8) is 0 Å². The average molecular weight is 293 g/mol. The Hall–Kier alpha value is -2.24. The summed E-state index contributed by atoms with van der Waals surface area (Å²) in [7, 11) is 0. The number of nitrogens with one attached hydrogen (secondary N) is 1. The van der Waals surface area contributed by atoms with Crippen LogP contribution in [0.25, 0.3) is 0 Å². The van der Waals surface area contributed by atoms with Crippen LogP contribution in [0.2, 0.25) is 0 Å². The first-order chi connectivity index (χ1) is 10.1. The Labute approximate surface area is 123 Å². The van der Waals surface area contributed by atoms with E-state index in [0.29, 0.717) is 25.7 Å². The van der Waals surface area contributed by atoms with E-state index < -0.39 is 12.2 Å². The lowest BCUT2D eigenvalue weighted by atomic mass is 9.93. The molecule has 0 heterocycles. The molecule has 0 aromatic heterocycles. The lowest BCUT2D eigenvalue weighted by Crippen LogP contribution is -2.39. The maximum atomic E-state index is 11.7. The second-order valence-corrected chi connectivity index (χ2v) is 5.06. The van der Waals surface area contributed by atoms with Crippen LogP contribution in [0.5, 0.6) is 0 Å². The molecule has 0 radical (unpaired) electrons. The molecule has 0 spiro atoms. The van der Waals surface area contributed by atoms with Gasteiger partial charge in [0.15, 0.2) is 0 Å². The van der Waals surface area contributed by atoms with Crippen molar-refractivity contribution in [3.8, 4) is 0 Å². The predicted octanol–water partition coefficient (Wildman–Crippen LogP) is 2.92. The zero-order chi connectivity index (χ0) is 15.1. The zero-order valence-electron chi connectivity index (χ0n) is 11.7. The van der Waals surface area contributed by atoms with Crippen molar-refractivity contribution >= 4 is 12.2 Å². The van der Waals surface area contributed by atoms with Crippen molar-refractivity contribution < 1.29 is 24.2 Å². The van der Waals surface area contributed by atoms with Crippen molar-refractivity contribution in [3.05, 3.63) is 35.9 Å². The van der Waals surface area contributed by atoms with Crippen LogP contribution >= 0.6 is 0 Å². The molecule has 0 atom stereocenters. The van der Waals surface area contributed by atoms with E-state index >= 15 is 0 Å². The number of hydrogen-bond acceptors (Lipinski definition) is 4. The maximum absolute atomic E-state index is 11.7. The van der Waals surface area contributed by atoms with Crippen LogP contribution in [0.4, 0.5) is 9.59 Å². The van der Waals surface area contributed by atoms with E-state index in [1.165, 1.54) is 0 Å². The summed E-state index contributed by atoms with van der Waals surface area (Å²) in [6.45, 7) is 0.240. The monoisotopic (exact) mass is 293 g/mol. The van der Waals surface area contributed by atoms with Gasteiger partial charge in [-0.2, -0.15) is 0 Å². The van der Waals surface area contributed by atoms with Crippen molar-refractivity contribution in [2.75, 3.05) is 0 Å². The van der Waals surface area contributed by atoms with E-state index in [1.54, 1.807) is 0 Å². The van der Waals surface area contributed by atoms with Gasteiger partial charge in [0.2, 0.25) is 0 Å². The number of benzene rings is 1. The lowest BCUT2D eigenvalue weighted by Gasteiger charge is -2.27. The maximum Gasteiger partial charge on any atom is 0.506 e. The minimum absolute atomic E-state index is 0.0157. The molecule has 21 heavy (non-hydrogen) atoms. The molecule has 0 aliphatic heterocycles. The molecule has 1 aliphatic rings. The number of hydrogen-bond donors (Lipinski definition) is 2. The Morgan fingerprint density at radius 3 is 2.43 bits per heavy atom. The summed E-state index contributed by atoms with van der Waals surface area (Å²) >= 11 is 0. The number of ether oxygens (including phenoxy) is 2. The molecule has 0 unspecified atom stereocenters. The van der Waals surface area contributed by atoms with Crippen molar-refractivity contribution in [1.29, 1.82) is 0 Å². The minimum atomic E-state index is -1.24. The molecule has 1 aromatic rings. The third kappa shape index (κ3) is 5.33. The quantitative estimate of drug-likeness (QED) is 0.834. The molecule has 0 saturated heterocycles. The molecule has 6 heteroatoms. The first-order valence-electron chi connectivity index (χ1n) is 7.00. The molecule has 1 saturated carbocycles. The fourth-order valence-electron chi connectivity index (χ4n) is 2.40. The molecule has 6 nitrogen and oxygen atoms in total. The van der Waals surface area contributed by atoms with E-state index in [-0.39, 0.29) is 18.8 Å². The van der Waals surface area contributed by atoms with E-state index in [9.17, 15) is 9.59 Å². The summed E-state index contributed by atoms with van der Waals surface area (Å²) in [4.78, 5) is 22.1. The highest BCUT2D eigenvalue weighted by Gasteiger charge is 2.25. The molecule has 1 aliphatic carbocycles. The molecule has 2 rings (SSSR count). The second kappa shape index (κ2) is 7.52.